The fourth-order valence-corrected chi connectivity index (χ4v) is 3.50. The predicted molar refractivity (Wildman–Crippen MR) is 89.8 cm³/mol. The molecule has 2 aliphatic rings. The van der Waals surface area contributed by atoms with E-state index in [-0.39, 0.29) is 11.8 Å². The topological polar surface area (TPSA) is 29.1 Å². The van der Waals surface area contributed by atoms with Gasteiger partial charge in [0.2, 0.25) is 5.91 Å². The first-order chi connectivity index (χ1) is 10.8. The molecule has 2 aromatic carbocycles. The number of allylic oxidation sites excluding steroid dienone is 2. The van der Waals surface area contributed by atoms with Crippen molar-refractivity contribution in [3.8, 4) is 11.1 Å². The molecule has 1 amide bonds. The molecule has 22 heavy (non-hydrogen) atoms. The van der Waals surface area contributed by atoms with Gasteiger partial charge in [0.15, 0.2) is 0 Å². The molecule has 2 aromatic rings. The van der Waals surface area contributed by atoms with Gasteiger partial charge in [-0.25, -0.2) is 0 Å². The highest BCUT2D eigenvalue weighted by Gasteiger charge is 2.21. The molecule has 0 radical (unpaired) electrons. The minimum Gasteiger partial charge on any atom is -0.326 e. The normalized spacial score (nSPS) is 18.6. The molecular formula is C20H19NO. The van der Waals surface area contributed by atoms with Crippen LogP contribution in [0.15, 0.2) is 54.6 Å². The largest absolute Gasteiger partial charge is 0.326 e. The average molecular weight is 289 g/mol. The van der Waals surface area contributed by atoms with Crippen molar-refractivity contribution in [2.75, 3.05) is 5.32 Å². The molecule has 2 heteroatoms. The van der Waals surface area contributed by atoms with Gasteiger partial charge >= 0.3 is 0 Å². The summed E-state index contributed by atoms with van der Waals surface area (Å²) in [5, 5.41) is 3.10. The Hall–Kier alpha value is -2.35. The minimum absolute atomic E-state index is 0.121. The molecule has 0 saturated heterocycles. The van der Waals surface area contributed by atoms with Crippen molar-refractivity contribution >= 4 is 11.6 Å². The van der Waals surface area contributed by atoms with Gasteiger partial charge in [-0.3, -0.25) is 4.79 Å². The summed E-state index contributed by atoms with van der Waals surface area (Å²) in [4.78, 5) is 12.3. The molecule has 2 aliphatic carbocycles. The Bertz CT molecular complexity index is 760. The van der Waals surface area contributed by atoms with E-state index in [0.29, 0.717) is 0 Å². The van der Waals surface area contributed by atoms with Gasteiger partial charge in [-0.2, -0.15) is 0 Å². The van der Waals surface area contributed by atoms with Gasteiger partial charge < -0.3 is 5.32 Å². The number of carbonyl (C=O) groups excluding carboxylic acids is 1. The highest BCUT2D eigenvalue weighted by Crippen LogP contribution is 2.37. The van der Waals surface area contributed by atoms with Crippen LogP contribution in [0.2, 0.25) is 0 Å². The van der Waals surface area contributed by atoms with Gasteiger partial charge in [-0.15, -0.1) is 0 Å². The molecule has 0 heterocycles. The molecule has 0 aromatic heterocycles. The Labute approximate surface area is 130 Å². The van der Waals surface area contributed by atoms with E-state index < -0.39 is 0 Å². The van der Waals surface area contributed by atoms with E-state index in [1.54, 1.807) is 0 Å². The molecule has 0 spiro atoms. The van der Waals surface area contributed by atoms with Crippen LogP contribution in [-0.4, -0.2) is 5.91 Å². The van der Waals surface area contributed by atoms with Crippen LogP contribution >= 0.6 is 0 Å². The summed E-state index contributed by atoms with van der Waals surface area (Å²) in [7, 11) is 0. The lowest BCUT2D eigenvalue weighted by Crippen LogP contribution is -2.23. The van der Waals surface area contributed by atoms with Gasteiger partial charge in [0.1, 0.15) is 0 Å². The molecule has 0 bridgehead atoms. The lowest BCUT2D eigenvalue weighted by molar-refractivity contribution is -0.120. The second-order valence-corrected chi connectivity index (χ2v) is 6.18. The Kier molecular flexibility index (Phi) is 3.30. The molecule has 0 fully saturated rings. The Morgan fingerprint density at radius 1 is 1.00 bits per heavy atom. The molecule has 0 aliphatic heterocycles. The van der Waals surface area contributed by atoms with E-state index >= 15 is 0 Å². The maximum absolute atomic E-state index is 12.3. The van der Waals surface area contributed by atoms with Gasteiger partial charge in [-0.05, 0) is 60.1 Å². The molecule has 2 nitrogen and oxygen atoms in total. The van der Waals surface area contributed by atoms with Gasteiger partial charge in [-0.1, -0.05) is 42.5 Å². The highest BCUT2D eigenvalue weighted by atomic mass is 16.1. The van der Waals surface area contributed by atoms with Crippen LogP contribution in [0.25, 0.3) is 11.1 Å². The summed E-state index contributed by atoms with van der Waals surface area (Å²) < 4.78 is 0. The lowest BCUT2D eigenvalue weighted by Gasteiger charge is -2.17. The van der Waals surface area contributed by atoms with Crippen LogP contribution < -0.4 is 5.32 Å². The van der Waals surface area contributed by atoms with E-state index in [1.165, 1.54) is 22.3 Å². The molecular weight excluding hydrogens is 270 g/mol. The van der Waals surface area contributed by atoms with Crippen LogP contribution in [0.5, 0.6) is 0 Å². The van der Waals surface area contributed by atoms with Gasteiger partial charge in [0.25, 0.3) is 0 Å². The molecule has 4 rings (SSSR count). The quantitative estimate of drug-likeness (QED) is 0.689. The monoisotopic (exact) mass is 289 g/mol. The van der Waals surface area contributed by atoms with Crippen molar-refractivity contribution < 1.29 is 4.79 Å². The van der Waals surface area contributed by atoms with Crippen molar-refractivity contribution in [3.63, 3.8) is 0 Å². The van der Waals surface area contributed by atoms with Crippen molar-refractivity contribution in [3.05, 3.63) is 65.7 Å². The fraction of sp³-hybridized carbons (Fsp3) is 0.250. The molecule has 0 unspecified atom stereocenters. The fourth-order valence-electron chi connectivity index (χ4n) is 3.50. The van der Waals surface area contributed by atoms with E-state index in [1.807, 2.05) is 6.07 Å². The van der Waals surface area contributed by atoms with Crippen LogP contribution in [-0.2, 0) is 11.2 Å². The van der Waals surface area contributed by atoms with Gasteiger partial charge in [0, 0.05) is 11.6 Å². The van der Waals surface area contributed by atoms with Crippen LogP contribution in [0, 0.1) is 5.92 Å². The summed E-state index contributed by atoms with van der Waals surface area (Å²) in [5.41, 5.74) is 6.23. The third-order valence-electron chi connectivity index (χ3n) is 4.70. The van der Waals surface area contributed by atoms with Crippen molar-refractivity contribution in [2.45, 2.75) is 25.7 Å². The predicted octanol–water partition coefficient (Wildman–Crippen LogP) is 4.55. The smallest absolute Gasteiger partial charge is 0.227 e. The Morgan fingerprint density at radius 3 is 2.73 bits per heavy atom. The molecule has 0 saturated carbocycles. The lowest BCUT2D eigenvalue weighted by atomic mass is 9.93. The highest BCUT2D eigenvalue weighted by molar-refractivity contribution is 5.93. The molecule has 1 atom stereocenters. The van der Waals surface area contributed by atoms with E-state index in [0.717, 1.165) is 31.4 Å². The first kappa shape index (κ1) is 13.3. The van der Waals surface area contributed by atoms with Crippen molar-refractivity contribution in [2.24, 2.45) is 5.92 Å². The zero-order chi connectivity index (χ0) is 14.9. The van der Waals surface area contributed by atoms with Gasteiger partial charge in [0.05, 0.1) is 0 Å². The number of hydrogen-bond acceptors (Lipinski definition) is 1. The third-order valence-corrected chi connectivity index (χ3v) is 4.70. The zero-order valence-corrected chi connectivity index (χ0v) is 12.5. The van der Waals surface area contributed by atoms with E-state index in [4.69, 9.17) is 0 Å². The number of hydrogen-bond donors (Lipinski definition) is 1. The Morgan fingerprint density at radius 2 is 1.86 bits per heavy atom. The standard InChI is InChI=1S/C20H19NO/c22-20(14-6-2-1-3-7-14)21-17-10-11-19-16(13-17)12-15-8-4-5-9-18(15)19/h1-2,4-5,8-11,13-14H,3,6-7,12H2,(H,21,22)/t14-/m0/s1. The third kappa shape index (κ3) is 2.35. The number of benzene rings is 2. The number of fused-ring (bicyclic) bond motifs is 3. The summed E-state index contributed by atoms with van der Waals surface area (Å²) in [6.45, 7) is 0. The van der Waals surface area contributed by atoms with Crippen LogP contribution in [0.3, 0.4) is 0 Å². The average Bonchev–Trinajstić information content (AvgIpc) is 2.93. The Balaban J connectivity index is 1.54. The maximum atomic E-state index is 12.3. The summed E-state index contributed by atoms with van der Waals surface area (Å²) in [5.74, 6) is 0.273. The first-order valence-electron chi connectivity index (χ1n) is 7.98. The minimum atomic E-state index is 0.121. The van der Waals surface area contributed by atoms with Crippen LogP contribution in [0.1, 0.15) is 30.4 Å². The molecule has 110 valence electrons. The summed E-state index contributed by atoms with van der Waals surface area (Å²) in [6.07, 6.45) is 8.07. The SMILES string of the molecule is O=C(Nc1ccc2c(c1)Cc1ccccc1-2)[C@H]1CC=CCC1. The van der Waals surface area contributed by atoms with E-state index in [9.17, 15) is 4.79 Å². The number of carbonyl (C=O) groups is 1. The van der Waals surface area contributed by atoms with Crippen LogP contribution in [0.4, 0.5) is 5.69 Å². The second-order valence-electron chi connectivity index (χ2n) is 6.18. The van der Waals surface area contributed by atoms with E-state index in [2.05, 4.69) is 53.9 Å². The maximum Gasteiger partial charge on any atom is 0.227 e. The zero-order valence-electron chi connectivity index (χ0n) is 12.5. The number of rotatable bonds is 2. The molecule has 1 N–H and O–H groups in total. The number of amides is 1. The number of anilines is 1. The number of nitrogens with one attached hydrogen (secondary N) is 1. The first-order valence-corrected chi connectivity index (χ1v) is 7.98. The van der Waals surface area contributed by atoms with Crippen molar-refractivity contribution in [1.82, 2.24) is 0 Å². The second kappa shape index (κ2) is 5.45. The van der Waals surface area contributed by atoms with Crippen molar-refractivity contribution in [1.29, 1.82) is 0 Å². The summed E-state index contributed by atoms with van der Waals surface area (Å²) in [6, 6.07) is 14.8. The summed E-state index contributed by atoms with van der Waals surface area (Å²) >= 11 is 0.